The molecule has 3 N–H and O–H groups in total. The lowest BCUT2D eigenvalue weighted by molar-refractivity contribution is -0.112. The van der Waals surface area contributed by atoms with E-state index in [1.807, 2.05) is 25.2 Å². The van der Waals surface area contributed by atoms with Gasteiger partial charge in [0.2, 0.25) is 0 Å². The van der Waals surface area contributed by atoms with E-state index < -0.39 is 30.5 Å². The number of ether oxygens (including phenoxy) is 2. The minimum atomic E-state index is -0.810. The Morgan fingerprint density at radius 2 is 1.82 bits per heavy atom. The van der Waals surface area contributed by atoms with Crippen LogP contribution in [0.25, 0.3) is 0 Å². The Labute approximate surface area is 139 Å². The third-order valence-corrected chi connectivity index (χ3v) is 4.24. The Hall–Kier alpha value is -0.500. The first-order chi connectivity index (χ1) is 10.5. The fraction of sp³-hybridized carbons (Fsp3) is 0.625. The lowest BCUT2D eigenvalue weighted by atomic mass is 10.0. The first-order valence-electron chi connectivity index (χ1n) is 7.48. The molecule has 1 fully saturated rings. The fourth-order valence-electron chi connectivity index (χ4n) is 2.80. The molecule has 0 saturated carbocycles. The van der Waals surface area contributed by atoms with E-state index in [0.717, 1.165) is 0 Å². The molecule has 2 aliphatic heterocycles. The van der Waals surface area contributed by atoms with Crippen LogP contribution < -0.4 is 0 Å². The molecule has 7 atom stereocenters. The van der Waals surface area contributed by atoms with Crippen LogP contribution in [0.3, 0.4) is 0 Å². The number of hydrogen-bond acceptors (Lipinski definition) is 5. The smallest absolute Gasteiger partial charge is 0.110 e. The molecule has 1 saturated heterocycles. The number of fused-ring (bicyclic) bond motifs is 2. The van der Waals surface area contributed by atoms with Crippen molar-refractivity contribution < 1.29 is 24.8 Å². The van der Waals surface area contributed by atoms with Gasteiger partial charge in [0.15, 0.2) is 0 Å². The van der Waals surface area contributed by atoms with Gasteiger partial charge in [0, 0.05) is 12.8 Å². The van der Waals surface area contributed by atoms with E-state index in [-0.39, 0.29) is 18.6 Å². The zero-order chi connectivity index (χ0) is 16.1. The van der Waals surface area contributed by atoms with Gasteiger partial charge in [-0.3, -0.25) is 0 Å². The van der Waals surface area contributed by atoms with Crippen molar-refractivity contribution in [2.75, 3.05) is 0 Å². The summed E-state index contributed by atoms with van der Waals surface area (Å²) in [4.78, 5) is 1.72. The van der Waals surface area contributed by atoms with Crippen LogP contribution in [0.15, 0.2) is 35.4 Å². The molecule has 0 aliphatic carbocycles. The van der Waals surface area contributed by atoms with Crippen LogP contribution in [0.2, 0.25) is 0 Å². The molecule has 124 valence electrons. The van der Waals surface area contributed by atoms with Gasteiger partial charge in [-0.2, -0.15) is 0 Å². The predicted molar refractivity (Wildman–Crippen MR) is 86.6 cm³/mol. The average Bonchev–Trinajstić information content (AvgIpc) is 2.85. The van der Waals surface area contributed by atoms with E-state index in [9.17, 15) is 15.3 Å². The van der Waals surface area contributed by atoms with Crippen LogP contribution in [0.5, 0.6) is 0 Å². The molecule has 0 amide bonds. The lowest BCUT2D eigenvalue weighted by Crippen LogP contribution is -2.36. The number of halogens is 1. The zero-order valence-electron chi connectivity index (χ0n) is 12.5. The summed E-state index contributed by atoms with van der Waals surface area (Å²) in [5.74, 6) is 0. The normalized spacial score (nSPS) is 43.8. The van der Waals surface area contributed by atoms with E-state index in [2.05, 4.69) is 15.9 Å². The van der Waals surface area contributed by atoms with Crippen molar-refractivity contribution in [3.8, 4) is 0 Å². The van der Waals surface area contributed by atoms with Crippen LogP contribution in [0.1, 0.15) is 19.8 Å². The Morgan fingerprint density at radius 1 is 1.05 bits per heavy atom. The molecule has 0 aromatic carbocycles. The minimum Gasteiger partial charge on any atom is -0.390 e. The van der Waals surface area contributed by atoms with Crippen molar-refractivity contribution in [3.05, 3.63) is 35.4 Å². The summed E-state index contributed by atoms with van der Waals surface area (Å²) >= 11 is 3.19. The van der Waals surface area contributed by atoms with Gasteiger partial charge in [0.05, 0.1) is 36.6 Å². The second-order valence-corrected chi connectivity index (χ2v) is 6.24. The Kier molecular flexibility index (Phi) is 6.80. The third kappa shape index (κ3) is 4.75. The highest BCUT2D eigenvalue weighted by atomic mass is 79.9. The van der Waals surface area contributed by atoms with E-state index >= 15 is 0 Å². The summed E-state index contributed by atoms with van der Waals surface area (Å²) in [5.41, 5.74) is 0. The molecule has 0 aromatic rings. The van der Waals surface area contributed by atoms with Crippen molar-refractivity contribution in [3.63, 3.8) is 0 Å². The maximum Gasteiger partial charge on any atom is 0.110 e. The highest BCUT2D eigenvalue weighted by Crippen LogP contribution is 2.29. The molecular formula is C16H23BrO5. The largest absolute Gasteiger partial charge is 0.390 e. The summed E-state index contributed by atoms with van der Waals surface area (Å²) < 4.78 is 11.7. The molecule has 7 unspecified atom stereocenters. The Bertz CT molecular complexity index is 436. The van der Waals surface area contributed by atoms with Crippen LogP contribution in [0.4, 0.5) is 0 Å². The molecule has 22 heavy (non-hydrogen) atoms. The molecule has 2 bridgehead atoms. The maximum absolute atomic E-state index is 10.1. The topological polar surface area (TPSA) is 79.2 Å². The summed E-state index contributed by atoms with van der Waals surface area (Å²) in [5, 5.41) is 30.2. The second kappa shape index (κ2) is 8.38. The second-order valence-electron chi connectivity index (χ2n) is 5.71. The van der Waals surface area contributed by atoms with Crippen molar-refractivity contribution in [2.45, 2.75) is 62.5 Å². The zero-order valence-corrected chi connectivity index (χ0v) is 14.0. The van der Waals surface area contributed by atoms with Crippen molar-refractivity contribution in [2.24, 2.45) is 0 Å². The van der Waals surface area contributed by atoms with E-state index in [1.165, 1.54) is 0 Å². The molecule has 0 radical (unpaired) electrons. The average molecular weight is 375 g/mol. The van der Waals surface area contributed by atoms with E-state index in [0.29, 0.717) is 6.42 Å². The number of aliphatic hydroxyl groups is 3. The summed E-state index contributed by atoms with van der Waals surface area (Å²) in [7, 11) is 0. The quantitative estimate of drug-likeness (QED) is 0.503. The number of aliphatic hydroxyl groups excluding tert-OH is 3. The Balaban J connectivity index is 2.18. The lowest BCUT2D eigenvalue weighted by Gasteiger charge is -2.25. The van der Waals surface area contributed by atoms with Gasteiger partial charge in [-0.05, 0) is 11.9 Å². The number of hydrogen-bond donors (Lipinski definition) is 3. The third-order valence-electron chi connectivity index (χ3n) is 3.94. The van der Waals surface area contributed by atoms with Crippen LogP contribution >= 0.6 is 15.9 Å². The summed E-state index contributed by atoms with van der Waals surface area (Å²) in [6.45, 7) is 1.84. The van der Waals surface area contributed by atoms with Crippen LogP contribution in [-0.4, -0.2) is 58.0 Å². The summed E-state index contributed by atoms with van der Waals surface area (Å²) in [6, 6.07) is 0. The molecular weight excluding hydrogens is 352 g/mol. The number of rotatable bonds is 2. The first kappa shape index (κ1) is 17.8. The summed E-state index contributed by atoms with van der Waals surface area (Å²) in [6.07, 6.45) is 5.45. The van der Waals surface area contributed by atoms with E-state index in [1.54, 1.807) is 17.1 Å². The molecule has 0 spiro atoms. The molecule has 2 aliphatic rings. The molecule has 6 heteroatoms. The molecule has 2 heterocycles. The molecule has 5 nitrogen and oxygen atoms in total. The van der Waals surface area contributed by atoms with Crippen LogP contribution in [-0.2, 0) is 9.47 Å². The van der Waals surface area contributed by atoms with Gasteiger partial charge in [0.25, 0.3) is 0 Å². The highest BCUT2D eigenvalue weighted by Gasteiger charge is 2.41. The van der Waals surface area contributed by atoms with Crippen molar-refractivity contribution in [1.29, 1.82) is 0 Å². The monoisotopic (exact) mass is 374 g/mol. The highest BCUT2D eigenvalue weighted by molar-refractivity contribution is 9.11. The minimum absolute atomic E-state index is 0.173. The number of allylic oxidation sites excluding steroid dienone is 2. The van der Waals surface area contributed by atoms with Gasteiger partial charge in [0.1, 0.15) is 6.10 Å². The van der Waals surface area contributed by atoms with Crippen molar-refractivity contribution >= 4 is 15.9 Å². The predicted octanol–water partition coefficient (Wildman–Crippen LogP) is 1.42. The van der Waals surface area contributed by atoms with Gasteiger partial charge in [-0.25, -0.2) is 0 Å². The first-order valence-corrected chi connectivity index (χ1v) is 8.39. The van der Waals surface area contributed by atoms with Gasteiger partial charge in [-0.1, -0.05) is 46.3 Å². The fourth-order valence-corrected chi connectivity index (χ4v) is 2.98. The molecule has 0 aromatic heterocycles. The van der Waals surface area contributed by atoms with E-state index in [4.69, 9.17) is 9.47 Å². The van der Waals surface area contributed by atoms with Gasteiger partial charge in [-0.15, -0.1) is 0 Å². The Morgan fingerprint density at radius 3 is 2.55 bits per heavy atom. The van der Waals surface area contributed by atoms with Crippen molar-refractivity contribution in [1.82, 2.24) is 0 Å². The van der Waals surface area contributed by atoms with Gasteiger partial charge >= 0.3 is 0 Å². The van der Waals surface area contributed by atoms with Crippen LogP contribution in [0, 0.1) is 0 Å². The molecule has 2 rings (SSSR count). The maximum atomic E-state index is 10.1. The van der Waals surface area contributed by atoms with Gasteiger partial charge < -0.3 is 24.8 Å². The SMILES string of the molecule is CC1OC(C=CC=CBr)C=CC(O)CC(O)C2CC(O)C1O2. The standard InChI is InChI=1S/C16H23BrO5/c1-10-16-14(20)9-15(22-16)13(19)8-11(18)5-6-12(21-10)4-2-3-7-17/h2-7,10-16,18-20H,8-9H2,1H3.